The number of nitrogens with one attached hydrogen (secondary N) is 1. The minimum absolute atomic E-state index is 0.180. The van der Waals surface area contributed by atoms with Crippen molar-refractivity contribution in [3.63, 3.8) is 0 Å². The summed E-state index contributed by atoms with van der Waals surface area (Å²) in [5.74, 6) is 0.414. The molecule has 0 aliphatic carbocycles. The lowest BCUT2D eigenvalue weighted by atomic mass is 10.1. The zero-order valence-electron chi connectivity index (χ0n) is 11.4. The molecule has 20 heavy (non-hydrogen) atoms. The van der Waals surface area contributed by atoms with Crippen molar-refractivity contribution in [1.82, 2.24) is 0 Å². The number of halogens is 1. The molecule has 104 valence electrons. The SMILES string of the molecule is CCOc1ccccc1C(=O)Nc1cccc(C)c1Br. The van der Waals surface area contributed by atoms with Gasteiger partial charge in [0.05, 0.1) is 17.9 Å². The van der Waals surface area contributed by atoms with Gasteiger partial charge in [-0.1, -0.05) is 24.3 Å². The van der Waals surface area contributed by atoms with Crippen molar-refractivity contribution in [3.05, 3.63) is 58.1 Å². The van der Waals surface area contributed by atoms with Gasteiger partial charge in [0.2, 0.25) is 0 Å². The largest absolute Gasteiger partial charge is 0.493 e. The first-order valence-electron chi connectivity index (χ1n) is 6.41. The summed E-state index contributed by atoms with van der Waals surface area (Å²) in [7, 11) is 0. The maximum atomic E-state index is 12.4. The van der Waals surface area contributed by atoms with Crippen LogP contribution >= 0.6 is 15.9 Å². The number of carbonyl (C=O) groups is 1. The zero-order chi connectivity index (χ0) is 14.5. The Labute approximate surface area is 127 Å². The number of amides is 1. The lowest BCUT2D eigenvalue weighted by molar-refractivity contribution is 0.102. The number of hydrogen-bond acceptors (Lipinski definition) is 2. The fourth-order valence-corrected chi connectivity index (χ4v) is 2.23. The molecule has 0 aliphatic rings. The van der Waals surface area contributed by atoms with Crippen molar-refractivity contribution in [2.75, 3.05) is 11.9 Å². The first-order valence-corrected chi connectivity index (χ1v) is 7.21. The highest BCUT2D eigenvalue weighted by Crippen LogP contribution is 2.27. The molecule has 2 rings (SSSR count). The first kappa shape index (κ1) is 14.6. The standard InChI is InChI=1S/C16H16BrNO2/c1-3-20-14-10-5-4-8-12(14)16(19)18-13-9-6-7-11(2)15(13)17/h4-10H,3H2,1-2H3,(H,18,19). The average molecular weight is 334 g/mol. The summed E-state index contributed by atoms with van der Waals surface area (Å²) >= 11 is 3.48. The highest BCUT2D eigenvalue weighted by Gasteiger charge is 2.13. The number of ether oxygens (including phenoxy) is 1. The van der Waals surface area contributed by atoms with Gasteiger partial charge in [-0.2, -0.15) is 0 Å². The molecule has 0 radical (unpaired) electrons. The maximum Gasteiger partial charge on any atom is 0.259 e. The highest BCUT2D eigenvalue weighted by atomic mass is 79.9. The summed E-state index contributed by atoms with van der Waals surface area (Å²) in [4.78, 5) is 12.4. The first-order chi connectivity index (χ1) is 9.63. The van der Waals surface area contributed by atoms with Crippen molar-refractivity contribution in [1.29, 1.82) is 0 Å². The number of anilines is 1. The normalized spacial score (nSPS) is 10.2. The van der Waals surface area contributed by atoms with E-state index in [1.807, 2.05) is 44.2 Å². The van der Waals surface area contributed by atoms with Gasteiger partial charge in [-0.15, -0.1) is 0 Å². The summed E-state index contributed by atoms with van der Waals surface area (Å²) in [5, 5.41) is 2.90. The van der Waals surface area contributed by atoms with Crippen LogP contribution in [0.2, 0.25) is 0 Å². The maximum absolute atomic E-state index is 12.4. The van der Waals surface area contributed by atoms with E-state index in [9.17, 15) is 4.79 Å². The molecule has 0 atom stereocenters. The Morgan fingerprint density at radius 1 is 1.20 bits per heavy atom. The van der Waals surface area contributed by atoms with Crippen molar-refractivity contribution in [2.24, 2.45) is 0 Å². The van der Waals surface area contributed by atoms with E-state index in [2.05, 4.69) is 21.2 Å². The van der Waals surface area contributed by atoms with Crippen LogP contribution in [0, 0.1) is 6.92 Å². The Bertz CT molecular complexity index is 626. The molecule has 4 heteroatoms. The fraction of sp³-hybridized carbons (Fsp3) is 0.188. The van der Waals surface area contributed by atoms with Crippen molar-refractivity contribution in [2.45, 2.75) is 13.8 Å². The second-order valence-electron chi connectivity index (χ2n) is 4.32. The molecule has 0 aliphatic heterocycles. The van der Waals surface area contributed by atoms with Crippen molar-refractivity contribution >= 4 is 27.5 Å². The van der Waals surface area contributed by atoms with Crippen LogP contribution in [0.3, 0.4) is 0 Å². The predicted octanol–water partition coefficient (Wildman–Crippen LogP) is 4.41. The Hall–Kier alpha value is -1.81. The molecule has 0 heterocycles. The molecule has 0 saturated heterocycles. The van der Waals surface area contributed by atoms with Gasteiger partial charge in [0, 0.05) is 4.47 Å². The van der Waals surface area contributed by atoms with E-state index >= 15 is 0 Å². The molecule has 0 bridgehead atoms. The van der Waals surface area contributed by atoms with Crippen molar-refractivity contribution < 1.29 is 9.53 Å². The number of benzene rings is 2. The van der Waals surface area contributed by atoms with Crippen LogP contribution in [0.5, 0.6) is 5.75 Å². The lowest BCUT2D eigenvalue weighted by Gasteiger charge is -2.12. The van der Waals surface area contributed by atoms with Gasteiger partial charge in [0.15, 0.2) is 0 Å². The summed E-state index contributed by atoms with van der Waals surface area (Å²) in [6, 6.07) is 13.0. The third kappa shape index (κ3) is 3.20. The Morgan fingerprint density at radius 3 is 2.70 bits per heavy atom. The molecule has 2 aromatic carbocycles. The van der Waals surface area contributed by atoms with E-state index in [4.69, 9.17) is 4.74 Å². The molecule has 3 nitrogen and oxygen atoms in total. The Morgan fingerprint density at radius 2 is 1.95 bits per heavy atom. The summed E-state index contributed by atoms with van der Waals surface area (Å²) in [6.45, 7) is 4.40. The summed E-state index contributed by atoms with van der Waals surface area (Å²) in [6.07, 6.45) is 0. The van der Waals surface area contributed by atoms with Gasteiger partial charge in [-0.3, -0.25) is 4.79 Å². The van der Waals surface area contributed by atoms with Gasteiger partial charge >= 0.3 is 0 Å². The molecule has 2 aromatic rings. The van der Waals surface area contributed by atoms with Gasteiger partial charge in [-0.25, -0.2) is 0 Å². The van der Waals surface area contributed by atoms with Crippen LogP contribution in [-0.2, 0) is 0 Å². The van der Waals surface area contributed by atoms with E-state index in [1.165, 1.54) is 0 Å². The Kier molecular flexibility index (Phi) is 4.79. The van der Waals surface area contributed by atoms with E-state index in [0.717, 1.165) is 15.7 Å². The monoisotopic (exact) mass is 333 g/mol. The van der Waals surface area contributed by atoms with Gasteiger partial charge < -0.3 is 10.1 Å². The number of hydrogen-bond donors (Lipinski definition) is 1. The smallest absolute Gasteiger partial charge is 0.259 e. The zero-order valence-corrected chi connectivity index (χ0v) is 13.0. The number of para-hydroxylation sites is 1. The molecule has 0 unspecified atom stereocenters. The average Bonchev–Trinajstić information content (AvgIpc) is 2.45. The van der Waals surface area contributed by atoms with Crippen LogP contribution in [0.4, 0.5) is 5.69 Å². The third-order valence-electron chi connectivity index (χ3n) is 2.87. The van der Waals surface area contributed by atoms with Gasteiger partial charge in [-0.05, 0) is 53.5 Å². The molecular formula is C16H16BrNO2. The number of rotatable bonds is 4. The lowest BCUT2D eigenvalue weighted by Crippen LogP contribution is -2.14. The van der Waals surface area contributed by atoms with E-state index < -0.39 is 0 Å². The quantitative estimate of drug-likeness (QED) is 0.899. The second-order valence-corrected chi connectivity index (χ2v) is 5.11. The summed E-state index contributed by atoms with van der Waals surface area (Å²) in [5.41, 5.74) is 2.35. The second kappa shape index (κ2) is 6.57. The van der Waals surface area contributed by atoms with E-state index in [0.29, 0.717) is 17.9 Å². The Balaban J connectivity index is 2.26. The molecular weight excluding hydrogens is 318 g/mol. The van der Waals surface area contributed by atoms with Crippen molar-refractivity contribution in [3.8, 4) is 5.75 Å². The number of carbonyl (C=O) groups excluding carboxylic acids is 1. The predicted molar refractivity (Wildman–Crippen MR) is 84.4 cm³/mol. The number of aryl methyl sites for hydroxylation is 1. The minimum atomic E-state index is -0.180. The topological polar surface area (TPSA) is 38.3 Å². The molecule has 1 amide bonds. The van der Waals surface area contributed by atoms with Gasteiger partial charge in [0.25, 0.3) is 5.91 Å². The fourth-order valence-electron chi connectivity index (χ4n) is 1.87. The van der Waals surface area contributed by atoms with Gasteiger partial charge in [0.1, 0.15) is 5.75 Å². The molecule has 0 spiro atoms. The minimum Gasteiger partial charge on any atom is -0.493 e. The van der Waals surface area contributed by atoms with Crippen LogP contribution in [0.25, 0.3) is 0 Å². The van der Waals surface area contributed by atoms with E-state index in [1.54, 1.807) is 12.1 Å². The summed E-state index contributed by atoms with van der Waals surface area (Å²) < 4.78 is 6.37. The molecule has 0 fully saturated rings. The van der Waals surface area contributed by atoms with Crippen LogP contribution in [0.15, 0.2) is 46.9 Å². The van der Waals surface area contributed by atoms with Crippen LogP contribution in [-0.4, -0.2) is 12.5 Å². The molecule has 0 saturated carbocycles. The highest BCUT2D eigenvalue weighted by molar-refractivity contribution is 9.10. The van der Waals surface area contributed by atoms with E-state index in [-0.39, 0.29) is 5.91 Å². The molecule has 0 aromatic heterocycles. The van der Waals surface area contributed by atoms with Crippen LogP contribution < -0.4 is 10.1 Å². The van der Waals surface area contributed by atoms with Crippen LogP contribution in [0.1, 0.15) is 22.8 Å². The molecule has 1 N–H and O–H groups in total. The third-order valence-corrected chi connectivity index (χ3v) is 3.92.